The van der Waals surface area contributed by atoms with Crippen molar-refractivity contribution in [2.24, 2.45) is 0 Å². The Morgan fingerprint density at radius 3 is 2.81 bits per heavy atom. The van der Waals surface area contributed by atoms with Crippen LogP contribution in [0.1, 0.15) is 22.5 Å². The van der Waals surface area contributed by atoms with Gasteiger partial charge >= 0.3 is 0 Å². The number of rotatable bonds is 5. The highest BCUT2D eigenvalue weighted by Gasteiger charge is 2.08. The van der Waals surface area contributed by atoms with Crippen LogP contribution in [0.25, 0.3) is 0 Å². The zero-order chi connectivity index (χ0) is 15.2. The maximum atomic E-state index is 11.8. The number of hydrogen-bond donors (Lipinski definition) is 2. The molecule has 1 aromatic carbocycles. The van der Waals surface area contributed by atoms with Gasteiger partial charge in [0.25, 0.3) is 5.91 Å². The second-order valence-electron chi connectivity index (χ2n) is 4.39. The van der Waals surface area contributed by atoms with Crippen LogP contribution in [0.3, 0.4) is 0 Å². The topological polar surface area (TPSA) is 84.2 Å². The van der Waals surface area contributed by atoms with Crippen molar-refractivity contribution in [3.63, 3.8) is 0 Å². The van der Waals surface area contributed by atoms with E-state index in [9.17, 15) is 9.59 Å². The number of hydrogen-bond acceptors (Lipinski definition) is 4. The molecule has 7 heteroatoms. The van der Waals surface area contributed by atoms with Gasteiger partial charge in [0.2, 0.25) is 5.91 Å². The summed E-state index contributed by atoms with van der Waals surface area (Å²) < 4.78 is 5.67. The number of carbonyl (C=O) groups excluding carboxylic acids is 2. The predicted molar refractivity (Wildman–Crippen MR) is 81.0 cm³/mol. The zero-order valence-corrected chi connectivity index (χ0v) is 12.9. The van der Waals surface area contributed by atoms with Gasteiger partial charge in [-0.1, -0.05) is 27.2 Å². The Kier molecular flexibility index (Phi) is 5.10. The summed E-state index contributed by atoms with van der Waals surface area (Å²) in [6.07, 6.45) is 0.158. The van der Waals surface area contributed by atoms with E-state index < -0.39 is 0 Å². The number of carbonyl (C=O) groups is 2. The van der Waals surface area contributed by atoms with Crippen molar-refractivity contribution in [1.82, 2.24) is 10.5 Å². The average molecular weight is 352 g/mol. The van der Waals surface area contributed by atoms with Crippen LogP contribution in [-0.4, -0.2) is 23.5 Å². The van der Waals surface area contributed by atoms with Crippen LogP contribution < -0.4 is 10.6 Å². The fraction of sp³-hybridized carbons (Fsp3) is 0.214. The molecule has 1 aromatic heterocycles. The molecule has 2 N–H and O–H groups in total. The molecule has 0 fully saturated rings. The van der Waals surface area contributed by atoms with Crippen LogP contribution in [0.15, 0.2) is 39.3 Å². The lowest BCUT2D eigenvalue weighted by Gasteiger charge is -2.05. The van der Waals surface area contributed by atoms with Crippen molar-refractivity contribution < 1.29 is 14.1 Å². The molecule has 0 aliphatic heterocycles. The Morgan fingerprint density at radius 1 is 1.33 bits per heavy atom. The van der Waals surface area contributed by atoms with Crippen LogP contribution in [0.2, 0.25) is 0 Å². The minimum atomic E-state index is -0.238. The van der Waals surface area contributed by atoms with Gasteiger partial charge in [-0.2, -0.15) is 0 Å². The van der Waals surface area contributed by atoms with E-state index in [2.05, 4.69) is 31.7 Å². The first-order valence-corrected chi connectivity index (χ1v) is 7.11. The largest absolute Gasteiger partial charge is 0.360 e. The van der Waals surface area contributed by atoms with Crippen LogP contribution in [0.4, 0.5) is 5.82 Å². The number of nitrogens with one attached hydrogen (secondary N) is 2. The van der Waals surface area contributed by atoms with E-state index in [1.54, 1.807) is 31.2 Å². The smallest absolute Gasteiger partial charge is 0.251 e. The van der Waals surface area contributed by atoms with Gasteiger partial charge in [0.15, 0.2) is 5.82 Å². The number of aryl methyl sites for hydroxylation is 1. The van der Waals surface area contributed by atoms with Gasteiger partial charge in [-0.15, -0.1) is 0 Å². The highest BCUT2D eigenvalue weighted by atomic mass is 79.9. The second-order valence-corrected chi connectivity index (χ2v) is 5.30. The number of benzene rings is 1. The van der Waals surface area contributed by atoms with Crippen LogP contribution in [-0.2, 0) is 4.79 Å². The molecule has 6 nitrogen and oxygen atoms in total. The Labute approximate surface area is 130 Å². The normalized spacial score (nSPS) is 10.2. The minimum Gasteiger partial charge on any atom is -0.360 e. The van der Waals surface area contributed by atoms with E-state index in [0.717, 1.165) is 4.47 Å². The highest BCUT2D eigenvalue weighted by molar-refractivity contribution is 9.10. The fourth-order valence-electron chi connectivity index (χ4n) is 1.65. The summed E-state index contributed by atoms with van der Waals surface area (Å²) in [4.78, 5) is 23.5. The van der Waals surface area contributed by atoms with Crippen molar-refractivity contribution in [2.75, 3.05) is 11.9 Å². The van der Waals surface area contributed by atoms with Crippen molar-refractivity contribution in [3.8, 4) is 0 Å². The first kappa shape index (κ1) is 15.2. The lowest BCUT2D eigenvalue weighted by Crippen LogP contribution is -2.27. The summed E-state index contributed by atoms with van der Waals surface area (Å²) in [5, 5.41) is 8.92. The molecule has 0 aliphatic rings. The minimum absolute atomic E-state index is 0.158. The van der Waals surface area contributed by atoms with Gasteiger partial charge < -0.3 is 15.2 Å². The number of anilines is 1. The van der Waals surface area contributed by atoms with Crippen LogP contribution in [0, 0.1) is 6.92 Å². The van der Waals surface area contributed by atoms with E-state index in [4.69, 9.17) is 4.52 Å². The molecule has 0 atom stereocenters. The van der Waals surface area contributed by atoms with Gasteiger partial charge in [0, 0.05) is 29.1 Å². The summed E-state index contributed by atoms with van der Waals surface area (Å²) >= 11 is 3.30. The Balaban J connectivity index is 1.76. The molecule has 2 aromatic rings. The van der Waals surface area contributed by atoms with Gasteiger partial charge in [0.05, 0.1) is 0 Å². The molecule has 0 unspecified atom stereocenters. The quantitative estimate of drug-likeness (QED) is 0.866. The summed E-state index contributed by atoms with van der Waals surface area (Å²) in [7, 11) is 0. The molecule has 2 amide bonds. The van der Waals surface area contributed by atoms with Gasteiger partial charge in [-0.3, -0.25) is 9.59 Å². The molecule has 0 spiro atoms. The van der Waals surface area contributed by atoms with Crippen LogP contribution >= 0.6 is 15.9 Å². The molecule has 0 saturated heterocycles. The highest BCUT2D eigenvalue weighted by Crippen LogP contribution is 2.11. The molecule has 21 heavy (non-hydrogen) atoms. The average Bonchev–Trinajstić information content (AvgIpc) is 2.84. The first-order chi connectivity index (χ1) is 10.0. The van der Waals surface area contributed by atoms with Crippen molar-refractivity contribution >= 4 is 33.6 Å². The number of aromatic nitrogens is 1. The molecule has 0 aliphatic carbocycles. The van der Waals surface area contributed by atoms with Gasteiger partial charge in [0.1, 0.15) is 5.76 Å². The molecule has 0 radical (unpaired) electrons. The number of amides is 2. The van der Waals surface area contributed by atoms with Crippen molar-refractivity contribution in [2.45, 2.75) is 13.3 Å². The predicted octanol–water partition coefficient (Wildman–Crippen LogP) is 2.50. The lowest BCUT2D eigenvalue weighted by atomic mass is 10.2. The second kappa shape index (κ2) is 7.03. The molecular weight excluding hydrogens is 338 g/mol. The Bertz CT molecular complexity index is 654. The SMILES string of the molecule is Cc1cc(NC(=O)CCNC(=O)c2cccc(Br)c2)no1. The summed E-state index contributed by atoms with van der Waals surface area (Å²) in [6, 6.07) is 8.66. The van der Waals surface area contributed by atoms with E-state index in [0.29, 0.717) is 17.1 Å². The number of halogens is 1. The van der Waals surface area contributed by atoms with E-state index >= 15 is 0 Å². The summed E-state index contributed by atoms with van der Waals surface area (Å²) in [5.74, 6) is 0.531. The lowest BCUT2D eigenvalue weighted by molar-refractivity contribution is -0.116. The molecule has 2 rings (SSSR count). The van der Waals surface area contributed by atoms with Crippen molar-refractivity contribution in [3.05, 3.63) is 46.1 Å². The first-order valence-electron chi connectivity index (χ1n) is 6.31. The monoisotopic (exact) mass is 351 g/mol. The van der Waals surface area contributed by atoms with Crippen molar-refractivity contribution in [1.29, 1.82) is 0 Å². The van der Waals surface area contributed by atoms with E-state index in [-0.39, 0.29) is 24.8 Å². The van der Waals surface area contributed by atoms with Crippen LogP contribution in [0.5, 0.6) is 0 Å². The van der Waals surface area contributed by atoms with Gasteiger partial charge in [-0.05, 0) is 25.1 Å². The third-order valence-corrected chi connectivity index (χ3v) is 3.11. The standard InChI is InChI=1S/C14H14BrN3O3/c1-9-7-12(18-21-9)17-13(19)5-6-16-14(20)10-3-2-4-11(15)8-10/h2-4,7-8H,5-6H2,1H3,(H,16,20)(H,17,18,19). The zero-order valence-electron chi connectivity index (χ0n) is 11.4. The molecule has 0 saturated carbocycles. The van der Waals surface area contributed by atoms with E-state index in [1.165, 1.54) is 0 Å². The fourth-order valence-corrected chi connectivity index (χ4v) is 2.05. The molecule has 110 valence electrons. The number of nitrogens with zero attached hydrogens (tertiary/aromatic N) is 1. The maximum absolute atomic E-state index is 11.8. The molecule has 0 bridgehead atoms. The summed E-state index contributed by atoms with van der Waals surface area (Å²) in [6.45, 7) is 1.98. The molecule has 1 heterocycles. The molecular formula is C14H14BrN3O3. The third-order valence-electron chi connectivity index (χ3n) is 2.62. The maximum Gasteiger partial charge on any atom is 0.251 e. The Morgan fingerprint density at radius 2 is 2.14 bits per heavy atom. The van der Waals surface area contributed by atoms with E-state index in [1.807, 2.05) is 6.07 Å². The Hall–Kier alpha value is -2.15. The third kappa shape index (κ3) is 4.71. The summed E-state index contributed by atoms with van der Waals surface area (Å²) in [5.41, 5.74) is 0.539. The van der Waals surface area contributed by atoms with Gasteiger partial charge in [-0.25, -0.2) is 0 Å².